The van der Waals surface area contributed by atoms with Crippen LogP contribution in [0.1, 0.15) is 88.8 Å². The van der Waals surface area contributed by atoms with Crippen molar-refractivity contribution in [1.82, 2.24) is 19.9 Å². The van der Waals surface area contributed by atoms with Gasteiger partial charge in [0, 0.05) is 42.0 Å². The monoisotopic (exact) mass is 692 g/mol. The van der Waals surface area contributed by atoms with Crippen molar-refractivity contribution in [2.45, 2.75) is 90.4 Å². The molecule has 2 aromatic carbocycles. The van der Waals surface area contributed by atoms with Gasteiger partial charge in [-0.25, -0.2) is 13.2 Å². The second kappa shape index (κ2) is 17.1. The highest BCUT2D eigenvalue weighted by Crippen LogP contribution is 2.27. The van der Waals surface area contributed by atoms with Gasteiger partial charge in [-0.3, -0.25) is 9.56 Å². The number of hydrogen-bond acceptors (Lipinski definition) is 7. The number of nitrogens with zero attached hydrogens (tertiary/aromatic N) is 3. The first-order chi connectivity index (χ1) is 22.9. The van der Waals surface area contributed by atoms with E-state index in [9.17, 15) is 13.2 Å². The van der Waals surface area contributed by atoms with Crippen LogP contribution < -0.4 is 28.2 Å². The summed E-state index contributed by atoms with van der Waals surface area (Å²) in [6.07, 6.45) is 6.99. The summed E-state index contributed by atoms with van der Waals surface area (Å²) in [4.78, 5) is 23.9. The highest BCUT2D eigenvalue weighted by atomic mass is 32.2. The summed E-state index contributed by atoms with van der Waals surface area (Å²) < 4.78 is 24.6. The molecule has 0 fully saturated rings. The van der Waals surface area contributed by atoms with Crippen LogP contribution in [0.15, 0.2) is 64.5 Å². The Balaban J connectivity index is 0.000000286. The first kappa shape index (κ1) is 39.4. The van der Waals surface area contributed by atoms with Crippen LogP contribution in [0.2, 0.25) is 0 Å². The number of aromatic amines is 1. The number of aliphatic imine (C=N–C) groups is 1. The summed E-state index contributed by atoms with van der Waals surface area (Å²) in [5.41, 5.74) is 22.7. The van der Waals surface area contributed by atoms with E-state index in [4.69, 9.17) is 17.2 Å². The third kappa shape index (κ3) is 13.1. The zero-order valence-electron chi connectivity index (χ0n) is 30.3. The van der Waals surface area contributed by atoms with Crippen LogP contribution in [0.5, 0.6) is 0 Å². The molecule has 0 amide bonds. The number of aryl methyl sites for hydroxylation is 1. The molecule has 11 nitrogen and oxygen atoms in total. The van der Waals surface area contributed by atoms with E-state index in [2.05, 4.69) is 74.0 Å². The Labute approximate surface area is 291 Å². The molecule has 8 N–H and O–H groups in total. The van der Waals surface area contributed by atoms with E-state index in [-0.39, 0.29) is 28.2 Å². The molecule has 0 aliphatic rings. The zero-order valence-corrected chi connectivity index (χ0v) is 31.1. The van der Waals surface area contributed by atoms with E-state index >= 15 is 0 Å². The fourth-order valence-corrected chi connectivity index (χ4v) is 5.97. The van der Waals surface area contributed by atoms with Gasteiger partial charge in [-0.2, -0.15) is 4.98 Å². The lowest BCUT2D eigenvalue weighted by molar-refractivity contribution is 0.574. The fourth-order valence-electron chi connectivity index (χ4n) is 5.20. The van der Waals surface area contributed by atoms with Crippen molar-refractivity contribution in [2.24, 2.45) is 22.2 Å². The molecule has 0 unspecified atom stereocenters. The van der Waals surface area contributed by atoms with Gasteiger partial charge in [0.1, 0.15) is 5.65 Å². The van der Waals surface area contributed by atoms with Gasteiger partial charge in [0.2, 0.25) is 0 Å². The number of aromatic nitrogens is 3. The van der Waals surface area contributed by atoms with Crippen molar-refractivity contribution in [2.75, 3.05) is 25.9 Å². The predicted molar refractivity (Wildman–Crippen MR) is 203 cm³/mol. The number of rotatable bonds is 13. The van der Waals surface area contributed by atoms with Crippen LogP contribution in [0.3, 0.4) is 0 Å². The van der Waals surface area contributed by atoms with Crippen LogP contribution in [0, 0.1) is 0 Å². The Morgan fingerprint density at radius 3 is 2.18 bits per heavy atom. The maximum atomic E-state index is 12.5. The van der Waals surface area contributed by atoms with Gasteiger partial charge >= 0.3 is 5.69 Å². The van der Waals surface area contributed by atoms with Crippen molar-refractivity contribution >= 4 is 26.8 Å². The van der Waals surface area contributed by atoms with E-state index in [1.165, 1.54) is 17.4 Å². The number of fused-ring (bicyclic) bond motifs is 1. The van der Waals surface area contributed by atoms with Crippen LogP contribution >= 0.6 is 0 Å². The molecular weight excluding hydrogens is 637 g/mol. The fraction of sp³-hybridized carbons (Fsp3) is 0.486. The molecule has 0 atom stereocenters. The number of unbranched alkanes of at least 4 members (excludes halogenated alkanes) is 1. The lowest BCUT2D eigenvalue weighted by Gasteiger charge is -2.21. The van der Waals surface area contributed by atoms with Crippen molar-refractivity contribution in [3.63, 3.8) is 0 Å². The van der Waals surface area contributed by atoms with Crippen LogP contribution in [-0.2, 0) is 39.4 Å². The third-order valence-corrected chi connectivity index (χ3v) is 8.79. The second-order valence-corrected chi connectivity index (χ2v) is 16.9. The normalized spacial score (nSPS) is 12.1. The maximum Gasteiger partial charge on any atom is 0.354 e. The number of benzene rings is 2. The minimum absolute atomic E-state index is 0.0239. The molecule has 2 aromatic heterocycles. The quantitative estimate of drug-likeness (QED) is 0.0765. The van der Waals surface area contributed by atoms with Crippen molar-refractivity contribution in [3.05, 3.63) is 93.2 Å². The Bertz CT molecular complexity index is 1860. The molecule has 49 heavy (non-hydrogen) atoms. The zero-order chi connectivity index (χ0) is 36.4. The van der Waals surface area contributed by atoms with Crippen molar-refractivity contribution in [3.8, 4) is 5.69 Å². The lowest BCUT2D eigenvalue weighted by Crippen LogP contribution is -2.23. The summed E-state index contributed by atoms with van der Waals surface area (Å²) in [6, 6.07) is 16.2. The molecule has 0 aliphatic heterocycles. The summed E-state index contributed by atoms with van der Waals surface area (Å²) in [6.45, 7) is 15.7. The van der Waals surface area contributed by atoms with Crippen LogP contribution in [0.4, 0.5) is 0 Å². The SMILES string of the molecule is CC(C)(C)c1cc(CCCCN)cc(CS(C)(=O)=O)c1.CC(C)(C)c1cc2cn(-c3ccc(CNCCCN=C(N)N)cc3)c(=O)nc2[nH]1. The molecule has 4 rings (SSSR count). The molecule has 4 aromatic rings. The minimum Gasteiger partial charge on any atom is -0.370 e. The van der Waals surface area contributed by atoms with E-state index < -0.39 is 9.84 Å². The predicted octanol–water partition coefficient (Wildman–Crippen LogP) is 4.57. The van der Waals surface area contributed by atoms with Crippen LogP contribution in [0.25, 0.3) is 16.7 Å². The van der Waals surface area contributed by atoms with Crippen molar-refractivity contribution < 1.29 is 8.42 Å². The van der Waals surface area contributed by atoms with Gasteiger partial charge in [0.15, 0.2) is 15.8 Å². The van der Waals surface area contributed by atoms with Gasteiger partial charge < -0.3 is 27.5 Å². The molecule has 0 bridgehead atoms. The average Bonchev–Trinajstić information content (AvgIpc) is 3.41. The van der Waals surface area contributed by atoms with Gasteiger partial charge in [-0.15, -0.1) is 0 Å². The van der Waals surface area contributed by atoms with E-state index in [0.717, 1.165) is 66.7 Å². The largest absolute Gasteiger partial charge is 0.370 e. The first-order valence-corrected chi connectivity index (χ1v) is 18.9. The highest BCUT2D eigenvalue weighted by Gasteiger charge is 2.18. The topological polar surface area (TPSA) is 187 Å². The molecule has 2 heterocycles. The molecule has 0 saturated heterocycles. The minimum atomic E-state index is -3.00. The number of nitrogens with one attached hydrogen (secondary N) is 2. The van der Waals surface area contributed by atoms with Gasteiger partial charge in [0.25, 0.3) is 0 Å². The summed E-state index contributed by atoms with van der Waals surface area (Å²) >= 11 is 0. The highest BCUT2D eigenvalue weighted by molar-refractivity contribution is 7.89. The maximum absolute atomic E-state index is 12.5. The molecule has 0 spiro atoms. The van der Waals surface area contributed by atoms with Gasteiger partial charge in [-0.1, -0.05) is 71.9 Å². The number of guanidine groups is 1. The summed E-state index contributed by atoms with van der Waals surface area (Å²) in [7, 11) is -3.00. The smallest absolute Gasteiger partial charge is 0.354 e. The Kier molecular flexibility index (Phi) is 13.8. The summed E-state index contributed by atoms with van der Waals surface area (Å²) in [5.74, 6) is 0.235. The molecule has 0 aliphatic carbocycles. The van der Waals surface area contributed by atoms with E-state index in [0.29, 0.717) is 18.7 Å². The summed E-state index contributed by atoms with van der Waals surface area (Å²) in [5, 5.41) is 4.27. The number of H-pyrrole nitrogens is 1. The van der Waals surface area contributed by atoms with Gasteiger partial charge in [0.05, 0.1) is 11.4 Å². The van der Waals surface area contributed by atoms with E-state index in [1.807, 2.05) is 42.6 Å². The first-order valence-electron chi connectivity index (χ1n) is 16.8. The van der Waals surface area contributed by atoms with Crippen LogP contribution in [-0.4, -0.2) is 54.8 Å². The molecule has 0 saturated carbocycles. The van der Waals surface area contributed by atoms with E-state index in [1.54, 1.807) is 4.57 Å². The number of nitrogens with two attached hydrogens (primary N) is 3. The van der Waals surface area contributed by atoms with Gasteiger partial charge in [-0.05, 0) is 84.6 Å². The van der Waals surface area contributed by atoms with Crippen molar-refractivity contribution in [1.29, 1.82) is 0 Å². The number of sulfone groups is 1. The Morgan fingerprint density at radius 1 is 0.918 bits per heavy atom. The Hall–Kier alpha value is -4.00. The molecule has 0 radical (unpaired) electrons. The third-order valence-electron chi connectivity index (χ3n) is 7.93. The second-order valence-electron chi connectivity index (χ2n) is 14.7. The molecular formula is C37H56N8O3S. The number of hydrogen-bond donors (Lipinski definition) is 5. The Morgan fingerprint density at radius 2 is 1.59 bits per heavy atom. The standard InChI is InChI=1S/C21H29N7O.C16H27NO2S/c1-21(2,3)17-11-15-13-28(20(29)27-18(15)26-17)16-7-5-14(6-8-16)12-24-9-4-10-25-19(22)23;1-16(2,3)15-10-13(7-5-6-8-17)9-14(11-15)12-20(4,18)19/h5-8,11,13,24H,4,9-10,12H2,1-3H3,(H4,22,23,25)(H,26,27,29);9-11H,5-8,12,17H2,1-4H3. The lowest BCUT2D eigenvalue weighted by atomic mass is 9.84. The average molecular weight is 693 g/mol. The molecule has 268 valence electrons. The molecule has 12 heteroatoms.